The zero-order valence-electron chi connectivity index (χ0n) is 15.1. The van der Waals surface area contributed by atoms with E-state index in [0.29, 0.717) is 23.6 Å². The molecule has 5 nitrogen and oxygen atoms in total. The first kappa shape index (κ1) is 20.8. The minimum absolute atomic E-state index is 0.147. The molecule has 2 aromatic rings. The average Bonchev–Trinajstić information content (AvgIpc) is 2.68. The summed E-state index contributed by atoms with van der Waals surface area (Å²) in [4.78, 5) is 23.7. The highest BCUT2D eigenvalue weighted by Crippen LogP contribution is 2.14. The van der Waals surface area contributed by atoms with Crippen LogP contribution >= 0.6 is 11.8 Å². The van der Waals surface area contributed by atoms with Crippen molar-refractivity contribution in [1.29, 1.82) is 0 Å². The van der Waals surface area contributed by atoms with Crippen molar-refractivity contribution in [3.63, 3.8) is 0 Å². The SMILES string of the molecule is C[C@H](NC(=O)OCc1ccccc1)C(=O)NCCSCc1ccccc1F. The molecule has 0 unspecified atom stereocenters. The van der Waals surface area contributed by atoms with Crippen molar-refractivity contribution < 1.29 is 18.7 Å². The lowest BCUT2D eigenvalue weighted by molar-refractivity contribution is -0.122. The smallest absolute Gasteiger partial charge is 0.408 e. The first-order valence-electron chi connectivity index (χ1n) is 8.62. The van der Waals surface area contributed by atoms with Gasteiger partial charge in [0, 0.05) is 18.1 Å². The van der Waals surface area contributed by atoms with Crippen LogP contribution in [0.3, 0.4) is 0 Å². The van der Waals surface area contributed by atoms with E-state index in [1.165, 1.54) is 17.8 Å². The third-order valence-electron chi connectivity index (χ3n) is 3.70. The molecule has 1 atom stereocenters. The van der Waals surface area contributed by atoms with E-state index in [4.69, 9.17) is 4.74 Å². The maximum Gasteiger partial charge on any atom is 0.408 e. The number of ether oxygens (including phenoxy) is 1. The summed E-state index contributed by atoms with van der Waals surface area (Å²) in [5.74, 6) is 0.673. The van der Waals surface area contributed by atoms with E-state index < -0.39 is 12.1 Å². The van der Waals surface area contributed by atoms with E-state index >= 15 is 0 Å². The predicted octanol–water partition coefficient (Wildman–Crippen LogP) is 3.49. The van der Waals surface area contributed by atoms with Gasteiger partial charge < -0.3 is 15.4 Å². The Balaban J connectivity index is 1.59. The summed E-state index contributed by atoms with van der Waals surface area (Å²) in [6.07, 6.45) is -0.643. The zero-order valence-corrected chi connectivity index (χ0v) is 15.9. The molecule has 2 amide bonds. The van der Waals surface area contributed by atoms with Gasteiger partial charge in [0.15, 0.2) is 0 Å². The van der Waals surface area contributed by atoms with Crippen molar-refractivity contribution in [2.75, 3.05) is 12.3 Å². The summed E-state index contributed by atoms with van der Waals surface area (Å²) >= 11 is 1.53. The van der Waals surface area contributed by atoms with Crippen LogP contribution in [0, 0.1) is 5.82 Å². The summed E-state index contributed by atoms with van der Waals surface area (Å²) < 4.78 is 18.6. The Kier molecular flexibility index (Phi) is 8.64. The fourth-order valence-corrected chi connectivity index (χ4v) is 3.05. The Morgan fingerprint density at radius 1 is 1.11 bits per heavy atom. The van der Waals surface area contributed by atoms with Crippen molar-refractivity contribution in [1.82, 2.24) is 10.6 Å². The fourth-order valence-electron chi connectivity index (χ4n) is 2.20. The number of rotatable bonds is 9. The molecule has 27 heavy (non-hydrogen) atoms. The molecule has 2 aromatic carbocycles. The van der Waals surface area contributed by atoms with Gasteiger partial charge in [0.25, 0.3) is 0 Å². The van der Waals surface area contributed by atoms with Crippen LogP contribution in [-0.4, -0.2) is 30.3 Å². The zero-order chi connectivity index (χ0) is 19.5. The minimum Gasteiger partial charge on any atom is -0.445 e. The highest BCUT2D eigenvalue weighted by atomic mass is 32.2. The molecule has 0 saturated carbocycles. The molecule has 0 aromatic heterocycles. The number of nitrogens with one attached hydrogen (secondary N) is 2. The molecule has 2 rings (SSSR count). The van der Waals surface area contributed by atoms with Gasteiger partial charge in [-0.1, -0.05) is 48.5 Å². The van der Waals surface area contributed by atoms with Gasteiger partial charge in [0.1, 0.15) is 18.5 Å². The minimum atomic E-state index is -0.704. The molecule has 0 aliphatic heterocycles. The summed E-state index contributed by atoms with van der Waals surface area (Å²) in [6.45, 7) is 2.17. The number of thioether (sulfide) groups is 1. The van der Waals surface area contributed by atoms with Crippen molar-refractivity contribution >= 4 is 23.8 Å². The molecule has 144 valence electrons. The van der Waals surface area contributed by atoms with E-state index in [9.17, 15) is 14.0 Å². The summed E-state index contributed by atoms with van der Waals surface area (Å²) in [5, 5.41) is 5.23. The number of benzene rings is 2. The van der Waals surface area contributed by atoms with Crippen molar-refractivity contribution in [3.05, 3.63) is 71.5 Å². The van der Waals surface area contributed by atoms with E-state index in [0.717, 1.165) is 5.56 Å². The van der Waals surface area contributed by atoms with Gasteiger partial charge in [0.2, 0.25) is 5.91 Å². The summed E-state index contributed by atoms with van der Waals surface area (Å²) in [5.41, 5.74) is 1.52. The van der Waals surface area contributed by atoms with Gasteiger partial charge in [-0.25, -0.2) is 9.18 Å². The highest BCUT2D eigenvalue weighted by Gasteiger charge is 2.15. The van der Waals surface area contributed by atoms with Crippen LogP contribution in [0.5, 0.6) is 0 Å². The van der Waals surface area contributed by atoms with Gasteiger partial charge >= 0.3 is 6.09 Å². The van der Waals surface area contributed by atoms with Gasteiger partial charge in [-0.15, -0.1) is 0 Å². The van der Waals surface area contributed by atoms with Crippen LogP contribution < -0.4 is 10.6 Å². The Morgan fingerprint density at radius 2 is 1.81 bits per heavy atom. The molecule has 0 bridgehead atoms. The molecule has 0 fully saturated rings. The number of halogens is 1. The number of hydrogen-bond acceptors (Lipinski definition) is 4. The molecular weight excluding hydrogens is 367 g/mol. The van der Waals surface area contributed by atoms with Crippen LogP contribution in [0.25, 0.3) is 0 Å². The molecule has 7 heteroatoms. The van der Waals surface area contributed by atoms with Crippen molar-refractivity contribution in [3.8, 4) is 0 Å². The average molecular weight is 390 g/mol. The third-order valence-corrected chi connectivity index (χ3v) is 4.71. The van der Waals surface area contributed by atoms with Gasteiger partial charge in [-0.3, -0.25) is 4.79 Å². The number of carbonyl (C=O) groups is 2. The first-order chi connectivity index (χ1) is 13.1. The molecule has 2 N–H and O–H groups in total. The largest absolute Gasteiger partial charge is 0.445 e. The van der Waals surface area contributed by atoms with E-state index in [1.807, 2.05) is 30.3 Å². The highest BCUT2D eigenvalue weighted by molar-refractivity contribution is 7.98. The summed E-state index contributed by atoms with van der Waals surface area (Å²) in [6, 6.07) is 15.2. The lowest BCUT2D eigenvalue weighted by Gasteiger charge is -2.14. The van der Waals surface area contributed by atoms with Crippen LogP contribution in [0.2, 0.25) is 0 Å². The molecule has 0 spiro atoms. The monoisotopic (exact) mass is 390 g/mol. The van der Waals surface area contributed by atoms with E-state index in [2.05, 4.69) is 10.6 Å². The standard InChI is InChI=1S/C20H23FN2O3S/c1-15(23-20(25)26-13-16-7-3-2-4-8-16)19(24)22-11-12-27-14-17-9-5-6-10-18(17)21/h2-10,15H,11-14H2,1H3,(H,22,24)(H,23,25)/t15-/m0/s1. The fraction of sp³-hybridized carbons (Fsp3) is 0.300. The van der Waals surface area contributed by atoms with E-state index in [1.54, 1.807) is 25.1 Å². The summed E-state index contributed by atoms with van der Waals surface area (Å²) in [7, 11) is 0. The number of hydrogen-bond donors (Lipinski definition) is 2. The lowest BCUT2D eigenvalue weighted by Crippen LogP contribution is -2.45. The maximum absolute atomic E-state index is 13.5. The topological polar surface area (TPSA) is 67.4 Å². The van der Waals surface area contributed by atoms with Crippen LogP contribution in [0.15, 0.2) is 54.6 Å². The number of carbonyl (C=O) groups excluding carboxylic acids is 2. The lowest BCUT2D eigenvalue weighted by atomic mass is 10.2. The van der Waals surface area contributed by atoms with Crippen molar-refractivity contribution in [2.24, 2.45) is 0 Å². The molecule has 0 radical (unpaired) electrons. The maximum atomic E-state index is 13.5. The second kappa shape index (κ2) is 11.2. The van der Waals surface area contributed by atoms with Crippen LogP contribution in [-0.2, 0) is 21.9 Å². The predicted molar refractivity (Wildman–Crippen MR) is 105 cm³/mol. The van der Waals surface area contributed by atoms with E-state index in [-0.39, 0.29) is 18.3 Å². The molecule has 0 aliphatic carbocycles. The third kappa shape index (κ3) is 7.70. The second-order valence-corrected chi connectivity index (χ2v) is 6.97. The molecule has 0 aliphatic rings. The Labute approximate surface area is 162 Å². The first-order valence-corrected chi connectivity index (χ1v) is 9.78. The Morgan fingerprint density at radius 3 is 2.56 bits per heavy atom. The van der Waals surface area contributed by atoms with Gasteiger partial charge in [-0.2, -0.15) is 11.8 Å². The van der Waals surface area contributed by atoms with Gasteiger partial charge in [-0.05, 0) is 24.1 Å². The Bertz CT molecular complexity index is 743. The number of alkyl carbamates (subject to hydrolysis) is 1. The van der Waals surface area contributed by atoms with Crippen LogP contribution in [0.1, 0.15) is 18.1 Å². The van der Waals surface area contributed by atoms with Crippen molar-refractivity contribution in [2.45, 2.75) is 25.3 Å². The van der Waals surface area contributed by atoms with Crippen LogP contribution in [0.4, 0.5) is 9.18 Å². The second-order valence-electron chi connectivity index (χ2n) is 5.86. The molecular formula is C20H23FN2O3S. The number of amides is 2. The van der Waals surface area contributed by atoms with Gasteiger partial charge in [0.05, 0.1) is 0 Å². The quantitative estimate of drug-likeness (QED) is 0.643. The normalized spacial score (nSPS) is 11.5. The molecule has 0 saturated heterocycles. The Hall–Kier alpha value is -2.54. The molecule has 0 heterocycles.